The lowest BCUT2D eigenvalue weighted by Crippen LogP contribution is -2.43. The lowest BCUT2D eigenvalue weighted by atomic mass is 10.1. The summed E-state index contributed by atoms with van der Waals surface area (Å²) in [5.74, 6) is 0.739. The fourth-order valence-electron chi connectivity index (χ4n) is 3.34. The topological polar surface area (TPSA) is 54.9 Å². The molecule has 1 amide bonds. The fourth-order valence-corrected chi connectivity index (χ4v) is 4.31. The van der Waals surface area contributed by atoms with Crippen molar-refractivity contribution in [1.82, 2.24) is 9.88 Å². The number of amides is 1. The maximum atomic E-state index is 13.4. The average Bonchev–Trinajstić information content (AvgIpc) is 3.17. The van der Waals surface area contributed by atoms with Crippen LogP contribution in [0.15, 0.2) is 42.5 Å². The number of hydrogen-bond acceptors (Lipinski definition) is 6. The molecule has 1 aliphatic rings. The number of benzene rings is 2. The Morgan fingerprint density at radius 1 is 1.21 bits per heavy atom. The number of carbonyl (C=O) groups is 1. The van der Waals surface area contributed by atoms with Crippen molar-refractivity contribution in [3.63, 3.8) is 0 Å². The minimum absolute atomic E-state index is 0.0238. The molecule has 4 rings (SSSR count). The van der Waals surface area contributed by atoms with Gasteiger partial charge in [0.15, 0.2) is 5.13 Å². The molecule has 1 aromatic heterocycles. The molecule has 7 heteroatoms. The van der Waals surface area contributed by atoms with Crippen LogP contribution >= 0.6 is 11.3 Å². The molecule has 0 unspecified atom stereocenters. The fraction of sp³-hybridized carbons (Fsp3) is 0.364. The van der Waals surface area contributed by atoms with Gasteiger partial charge in [0.1, 0.15) is 5.75 Å². The van der Waals surface area contributed by atoms with Crippen LogP contribution in [-0.2, 0) is 4.74 Å². The molecule has 0 radical (unpaired) electrons. The summed E-state index contributed by atoms with van der Waals surface area (Å²) in [6.07, 6.45) is 0. The Hall–Kier alpha value is -2.48. The van der Waals surface area contributed by atoms with Gasteiger partial charge in [-0.3, -0.25) is 14.6 Å². The van der Waals surface area contributed by atoms with Crippen molar-refractivity contribution in [2.75, 3.05) is 51.4 Å². The van der Waals surface area contributed by atoms with Gasteiger partial charge in [-0.15, -0.1) is 0 Å². The largest absolute Gasteiger partial charge is 0.497 e. The highest BCUT2D eigenvalue weighted by Crippen LogP contribution is 2.32. The number of morpholine rings is 1. The summed E-state index contributed by atoms with van der Waals surface area (Å²) in [6, 6.07) is 13.5. The van der Waals surface area contributed by atoms with Crippen molar-refractivity contribution in [2.24, 2.45) is 0 Å². The van der Waals surface area contributed by atoms with Crippen molar-refractivity contribution < 1.29 is 14.3 Å². The number of aromatic nitrogens is 1. The van der Waals surface area contributed by atoms with E-state index in [1.807, 2.05) is 49.4 Å². The van der Waals surface area contributed by atoms with Crippen molar-refractivity contribution in [3.8, 4) is 5.75 Å². The van der Waals surface area contributed by atoms with Gasteiger partial charge in [-0.05, 0) is 31.2 Å². The Balaban J connectivity index is 1.63. The summed E-state index contributed by atoms with van der Waals surface area (Å²) >= 11 is 1.53. The molecular formula is C22H25N3O3S. The van der Waals surface area contributed by atoms with Crippen LogP contribution in [0.3, 0.4) is 0 Å². The SMILES string of the molecule is COc1ccc2sc(N(CCN3CCOCC3)C(=O)c3ccc(C)cc3)nc2c1. The molecule has 1 saturated heterocycles. The molecule has 152 valence electrons. The van der Waals surface area contributed by atoms with Gasteiger partial charge >= 0.3 is 0 Å². The Labute approximate surface area is 174 Å². The molecule has 1 fully saturated rings. The number of hydrogen-bond donors (Lipinski definition) is 0. The Kier molecular flexibility index (Phi) is 6.08. The van der Waals surface area contributed by atoms with E-state index in [9.17, 15) is 4.79 Å². The number of methoxy groups -OCH3 is 1. The van der Waals surface area contributed by atoms with E-state index in [0.29, 0.717) is 17.2 Å². The minimum Gasteiger partial charge on any atom is -0.497 e. The van der Waals surface area contributed by atoms with E-state index in [1.54, 1.807) is 12.0 Å². The van der Waals surface area contributed by atoms with Gasteiger partial charge in [-0.1, -0.05) is 29.0 Å². The second kappa shape index (κ2) is 8.90. The summed E-state index contributed by atoms with van der Waals surface area (Å²) < 4.78 is 11.8. The monoisotopic (exact) mass is 411 g/mol. The highest BCUT2D eigenvalue weighted by molar-refractivity contribution is 7.22. The number of anilines is 1. The van der Waals surface area contributed by atoms with Crippen LogP contribution in [0.2, 0.25) is 0 Å². The molecule has 0 saturated carbocycles. The number of aryl methyl sites for hydroxylation is 1. The van der Waals surface area contributed by atoms with E-state index in [4.69, 9.17) is 14.5 Å². The first-order valence-electron chi connectivity index (χ1n) is 9.77. The Bertz CT molecular complexity index is 981. The van der Waals surface area contributed by atoms with Gasteiger partial charge in [0.25, 0.3) is 5.91 Å². The zero-order valence-electron chi connectivity index (χ0n) is 16.8. The standard InChI is InChI=1S/C22H25N3O3S/c1-16-3-5-17(6-4-16)21(26)25(10-9-24-11-13-28-14-12-24)22-23-19-15-18(27-2)7-8-20(19)29-22/h3-8,15H,9-14H2,1-2H3. The second-order valence-electron chi connectivity index (χ2n) is 7.11. The maximum Gasteiger partial charge on any atom is 0.260 e. The predicted molar refractivity (Wildman–Crippen MR) is 116 cm³/mol. The maximum absolute atomic E-state index is 13.4. The van der Waals surface area contributed by atoms with Crippen LogP contribution in [0.1, 0.15) is 15.9 Å². The molecule has 1 aliphatic heterocycles. The van der Waals surface area contributed by atoms with Gasteiger partial charge in [-0.25, -0.2) is 4.98 Å². The van der Waals surface area contributed by atoms with Crippen LogP contribution in [0.5, 0.6) is 5.75 Å². The predicted octanol–water partition coefficient (Wildman–Crippen LogP) is 3.59. The molecule has 29 heavy (non-hydrogen) atoms. The van der Waals surface area contributed by atoms with E-state index >= 15 is 0 Å². The molecule has 0 atom stereocenters. The van der Waals surface area contributed by atoms with E-state index in [1.165, 1.54) is 11.3 Å². The van der Waals surface area contributed by atoms with Crippen LogP contribution in [0.25, 0.3) is 10.2 Å². The first-order chi connectivity index (χ1) is 14.1. The quantitative estimate of drug-likeness (QED) is 0.620. The van der Waals surface area contributed by atoms with Crippen LogP contribution in [0, 0.1) is 6.92 Å². The normalized spacial score (nSPS) is 14.8. The van der Waals surface area contributed by atoms with E-state index in [2.05, 4.69) is 4.90 Å². The summed E-state index contributed by atoms with van der Waals surface area (Å²) in [7, 11) is 1.64. The Morgan fingerprint density at radius 3 is 2.69 bits per heavy atom. The summed E-state index contributed by atoms with van der Waals surface area (Å²) in [5.41, 5.74) is 2.65. The molecule has 0 bridgehead atoms. The third-order valence-electron chi connectivity index (χ3n) is 5.10. The first-order valence-corrected chi connectivity index (χ1v) is 10.6. The second-order valence-corrected chi connectivity index (χ2v) is 8.12. The summed E-state index contributed by atoms with van der Waals surface area (Å²) in [5, 5.41) is 0.715. The van der Waals surface area contributed by atoms with Crippen molar-refractivity contribution in [2.45, 2.75) is 6.92 Å². The molecule has 2 aromatic carbocycles. The van der Waals surface area contributed by atoms with E-state index in [-0.39, 0.29) is 5.91 Å². The van der Waals surface area contributed by atoms with Crippen molar-refractivity contribution >= 4 is 32.6 Å². The average molecular weight is 412 g/mol. The van der Waals surface area contributed by atoms with Crippen LogP contribution in [0.4, 0.5) is 5.13 Å². The third-order valence-corrected chi connectivity index (χ3v) is 6.16. The van der Waals surface area contributed by atoms with Gasteiger partial charge in [0, 0.05) is 37.8 Å². The van der Waals surface area contributed by atoms with Crippen molar-refractivity contribution in [3.05, 3.63) is 53.6 Å². The van der Waals surface area contributed by atoms with E-state index in [0.717, 1.165) is 54.4 Å². The summed E-state index contributed by atoms with van der Waals surface area (Å²) in [4.78, 5) is 22.2. The number of ether oxygens (including phenoxy) is 2. The van der Waals surface area contributed by atoms with Gasteiger partial charge in [0.05, 0.1) is 30.5 Å². The highest BCUT2D eigenvalue weighted by atomic mass is 32.1. The minimum atomic E-state index is -0.0238. The van der Waals surface area contributed by atoms with Crippen LogP contribution < -0.4 is 9.64 Å². The zero-order chi connectivity index (χ0) is 20.2. The first kappa shape index (κ1) is 19.8. The van der Waals surface area contributed by atoms with E-state index < -0.39 is 0 Å². The molecule has 2 heterocycles. The highest BCUT2D eigenvalue weighted by Gasteiger charge is 2.23. The van der Waals surface area contributed by atoms with Crippen molar-refractivity contribution in [1.29, 1.82) is 0 Å². The third kappa shape index (κ3) is 4.58. The summed E-state index contributed by atoms with van der Waals surface area (Å²) in [6.45, 7) is 6.67. The lowest BCUT2D eigenvalue weighted by molar-refractivity contribution is 0.0391. The molecular weight excluding hydrogens is 386 g/mol. The number of nitrogens with zero attached hydrogens (tertiary/aromatic N) is 3. The van der Waals surface area contributed by atoms with Crippen LogP contribution in [-0.4, -0.2) is 62.3 Å². The van der Waals surface area contributed by atoms with Gasteiger partial charge in [-0.2, -0.15) is 0 Å². The molecule has 0 aliphatic carbocycles. The van der Waals surface area contributed by atoms with Gasteiger partial charge in [0.2, 0.25) is 0 Å². The smallest absolute Gasteiger partial charge is 0.260 e. The van der Waals surface area contributed by atoms with Gasteiger partial charge < -0.3 is 9.47 Å². The lowest BCUT2D eigenvalue weighted by Gasteiger charge is -2.29. The number of rotatable bonds is 6. The number of carbonyl (C=O) groups excluding carboxylic acids is 1. The molecule has 0 spiro atoms. The molecule has 0 N–H and O–H groups in total. The molecule has 6 nitrogen and oxygen atoms in total. The molecule has 3 aromatic rings. The zero-order valence-corrected chi connectivity index (χ0v) is 17.6. The number of thiazole rings is 1. The Morgan fingerprint density at radius 2 is 1.97 bits per heavy atom. The number of fused-ring (bicyclic) bond motifs is 1.